The van der Waals surface area contributed by atoms with Crippen molar-refractivity contribution in [3.8, 4) is 17.6 Å². The van der Waals surface area contributed by atoms with E-state index < -0.39 is 8.07 Å². The first-order valence-corrected chi connectivity index (χ1v) is 15.9. The summed E-state index contributed by atoms with van der Waals surface area (Å²) < 4.78 is 6.34. The second kappa shape index (κ2) is 13.4. The fourth-order valence-electron chi connectivity index (χ4n) is 3.68. The minimum absolute atomic E-state index is 0.0447. The van der Waals surface area contributed by atoms with Gasteiger partial charge in [-0.15, -0.1) is 0 Å². The third-order valence-electron chi connectivity index (χ3n) is 5.52. The number of hydrogen-bond acceptors (Lipinski definition) is 3. The summed E-state index contributed by atoms with van der Waals surface area (Å²) in [5.74, 6) is 7.39. The largest absolute Gasteiger partial charge is 0.497 e. The molecule has 0 amide bonds. The van der Waals surface area contributed by atoms with Crippen molar-refractivity contribution in [3.63, 3.8) is 0 Å². The number of benzene rings is 2. The molecule has 0 radical (unpaired) electrons. The van der Waals surface area contributed by atoms with Crippen LogP contribution in [0.15, 0.2) is 66.7 Å². The van der Waals surface area contributed by atoms with E-state index >= 15 is 0 Å². The van der Waals surface area contributed by atoms with Gasteiger partial charge in [-0.05, 0) is 70.1 Å². The standard InChI is InChI=1S/C30H44N2OSi/c1-8-31(22-15-11-14-21-30(3,4)5)24-27-17-16-20-29(23-27)33-26-34(6,7)25-32(9-2)28-18-12-10-13-19-28/h10-13,15-20,23H,8-9,22,24-26H2,1-7H3/b15-11+. The van der Waals surface area contributed by atoms with Crippen LogP contribution < -0.4 is 9.64 Å². The molecule has 2 aromatic rings. The lowest BCUT2D eigenvalue weighted by atomic mass is 9.98. The highest BCUT2D eigenvalue weighted by Crippen LogP contribution is 2.19. The second-order valence-electron chi connectivity index (χ2n) is 10.7. The number of hydrogen-bond donors (Lipinski definition) is 0. The van der Waals surface area contributed by atoms with Gasteiger partial charge in [-0.2, -0.15) is 0 Å². The summed E-state index contributed by atoms with van der Waals surface area (Å²) in [6.45, 7) is 19.5. The summed E-state index contributed by atoms with van der Waals surface area (Å²) in [5, 5.41) is 0. The van der Waals surface area contributed by atoms with E-state index in [0.717, 1.165) is 44.3 Å². The third kappa shape index (κ3) is 10.6. The zero-order chi connectivity index (χ0) is 25.0. The zero-order valence-electron chi connectivity index (χ0n) is 22.4. The second-order valence-corrected chi connectivity index (χ2v) is 15.6. The zero-order valence-corrected chi connectivity index (χ0v) is 23.4. The highest BCUT2D eigenvalue weighted by molar-refractivity contribution is 6.78. The molecular weight excluding hydrogens is 432 g/mol. The molecule has 0 atom stereocenters. The average Bonchev–Trinajstić information content (AvgIpc) is 2.80. The highest BCUT2D eigenvalue weighted by Gasteiger charge is 2.25. The van der Waals surface area contributed by atoms with Gasteiger partial charge < -0.3 is 9.64 Å². The summed E-state index contributed by atoms with van der Waals surface area (Å²) >= 11 is 0. The number of allylic oxidation sites excluding steroid dienone is 1. The summed E-state index contributed by atoms with van der Waals surface area (Å²) in [7, 11) is -1.58. The summed E-state index contributed by atoms with van der Waals surface area (Å²) in [6, 6.07) is 19.3. The van der Waals surface area contributed by atoms with E-state index in [1.54, 1.807) is 0 Å². The van der Waals surface area contributed by atoms with E-state index in [0.29, 0.717) is 0 Å². The van der Waals surface area contributed by atoms with Gasteiger partial charge in [0, 0.05) is 36.9 Å². The molecule has 2 rings (SSSR count). The van der Waals surface area contributed by atoms with E-state index in [1.807, 2.05) is 6.08 Å². The first-order valence-electron chi connectivity index (χ1n) is 12.5. The summed E-state index contributed by atoms with van der Waals surface area (Å²) in [6.07, 6.45) is 6.03. The van der Waals surface area contributed by atoms with Crippen molar-refractivity contribution in [3.05, 3.63) is 72.3 Å². The predicted molar refractivity (Wildman–Crippen MR) is 151 cm³/mol. The van der Waals surface area contributed by atoms with Crippen LogP contribution >= 0.6 is 0 Å². The van der Waals surface area contributed by atoms with Gasteiger partial charge >= 0.3 is 0 Å². The maximum atomic E-state index is 6.34. The summed E-state index contributed by atoms with van der Waals surface area (Å²) in [5.41, 5.74) is 2.63. The van der Waals surface area contributed by atoms with Crippen LogP contribution in [0.3, 0.4) is 0 Å². The smallest absolute Gasteiger partial charge is 0.119 e. The molecule has 0 spiro atoms. The molecule has 3 nitrogen and oxygen atoms in total. The van der Waals surface area contributed by atoms with Crippen molar-refractivity contribution in [1.82, 2.24) is 4.90 Å². The number of rotatable bonds is 12. The van der Waals surface area contributed by atoms with Gasteiger partial charge in [0.1, 0.15) is 13.8 Å². The first-order chi connectivity index (χ1) is 16.1. The van der Waals surface area contributed by atoms with E-state index in [4.69, 9.17) is 4.74 Å². The Morgan fingerprint density at radius 3 is 2.35 bits per heavy atom. The minimum atomic E-state index is -1.58. The summed E-state index contributed by atoms with van der Waals surface area (Å²) in [4.78, 5) is 4.89. The Kier molecular flexibility index (Phi) is 11.0. The maximum absolute atomic E-state index is 6.34. The van der Waals surface area contributed by atoms with Crippen molar-refractivity contribution >= 4 is 13.8 Å². The number of ether oxygens (including phenoxy) is 1. The fraction of sp³-hybridized carbons (Fsp3) is 0.467. The van der Waals surface area contributed by atoms with Gasteiger partial charge in [0.15, 0.2) is 0 Å². The molecule has 0 bridgehead atoms. The third-order valence-corrected chi connectivity index (χ3v) is 7.68. The topological polar surface area (TPSA) is 15.7 Å². The Morgan fingerprint density at radius 1 is 0.971 bits per heavy atom. The lowest BCUT2D eigenvalue weighted by molar-refractivity contribution is 0.310. The van der Waals surface area contributed by atoms with Crippen LogP contribution in [-0.2, 0) is 6.54 Å². The molecule has 0 unspecified atom stereocenters. The molecule has 0 saturated carbocycles. The Bertz CT molecular complexity index is 951. The van der Waals surface area contributed by atoms with Crippen molar-refractivity contribution in [2.75, 3.05) is 36.9 Å². The molecule has 184 valence electrons. The SMILES string of the molecule is CCN(C/C=C/C#CC(C)(C)C)Cc1cccc(OC[Si](C)(C)CN(CC)c2ccccc2)c1. The van der Waals surface area contributed by atoms with Crippen LogP contribution in [-0.4, -0.2) is 45.0 Å². The van der Waals surface area contributed by atoms with Gasteiger partial charge in [-0.3, -0.25) is 4.90 Å². The monoisotopic (exact) mass is 476 g/mol. The van der Waals surface area contributed by atoms with Crippen LogP contribution in [0, 0.1) is 17.3 Å². The minimum Gasteiger partial charge on any atom is -0.497 e. The van der Waals surface area contributed by atoms with Gasteiger partial charge in [-0.1, -0.05) is 68.3 Å². The normalized spacial score (nSPS) is 12.0. The van der Waals surface area contributed by atoms with Crippen LogP contribution in [0.2, 0.25) is 13.1 Å². The molecule has 0 aliphatic heterocycles. The number of likely N-dealkylation sites (N-methyl/N-ethyl adjacent to an activating group) is 1. The number of anilines is 1. The molecule has 34 heavy (non-hydrogen) atoms. The molecule has 0 aliphatic rings. The van der Waals surface area contributed by atoms with Gasteiger partial charge in [-0.25, -0.2) is 0 Å². The number of para-hydroxylation sites is 1. The van der Waals surface area contributed by atoms with Crippen LogP contribution in [0.1, 0.15) is 40.2 Å². The van der Waals surface area contributed by atoms with Gasteiger partial charge in [0.25, 0.3) is 0 Å². The Balaban J connectivity index is 1.92. The lowest BCUT2D eigenvalue weighted by Gasteiger charge is -2.32. The lowest BCUT2D eigenvalue weighted by Crippen LogP contribution is -2.47. The van der Waals surface area contributed by atoms with Crippen LogP contribution in [0.4, 0.5) is 5.69 Å². The molecule has 0 heterocycles. The quantitative estimate of drug-likeness (QED) is 0.247. The van der Waals surface area contributed by atoms with E-state index in [9.17, 15) is 0 Å². The molecule has 0 fully saturated rings. The van der Waals surface area contributed by atoms with Gasteiger partial charge in [0.05, 0.1) is 6.23 Å². The Morgan fingerprint density at radius 2 is 1.71 bits per heavy atom. The Labute approximate surface area is 209 Å². The fourth-order valence-corrected chi connectivity index (χ4v) is 5.77. The molecule has 0 saturated heterocycles. The molecule has 0 N–H and O–H groups in total. The first kappa shape index (κ1) is 27.8. The Hall–Kier alpha value is -2.48. The predicted octanol–water partition coefficient (Wildman–Crippen LogP) is 6.81. The highest BCUT2D eigenvalue weighted by atomic mass is 28.3. The molecule has 4 heteroatoms. The molecule has 0 aliphatic carbocycles. The molecular formula is C30H44N2OSi. The van der Waals surface area contributed by atoms with E-state index in [2.05, 4.69) is 130 Å². The van der Waals surface area contributed by atoms with Crippen molar-refractivity contribution < 1.29 is 4.74 Å². The van der Waals surface area contributed by atoms with Gasteiger partial charge in [0.2, 0.25) is 0 Å². The van der Waals surface area contributed by atoms with Crippen LogP contribution in [0.25, 0.3) is 0 Å². The van der Waals surface area contributed by atoms with Crippen molar-refractivity contribution in [2.24, 2.45) is 5.41 Å². The average molecular weight is 477 g/mol. The molecule has 0 aromatic heterocycles. The van der Waals surface area contributed by atoms with Crippen molar-refractivity contribution in [1.29, 1.82) is 0 Å². The molecule has 2 aromatic carbocycles. The maximum Gasteiger partial charge on any atom is 0.119 e. The van der Waals surface area contributed by atoms with Crippen LogP contribution in [0.5, 0.6) is 5.75 Å². The van der Waals surface area contributed by atoms with E-state index in [1.165, 1.54) is 11.3 Å². The van der Waals surface area contributed by atoms with E-state index in [-0.39, 0.29) is 5.41 Å². The number of nitrogens with zero attached hydrogens (tertiary/aromatic N) is 2. The van der Waals surface area contributed by atoms with Crippen molar-refractivity contribution in [2.45, 2.75) is 54.3 Å².